The van der Waals surface area contributed by atoms with Crippen molar-refractivity contribution in [2.45, 2.75) is 70.2 Å². The number of hydrogen-bond acceptors (Lipinski definition) is 13. The molecule has 0 aliphatic carbocycles. The zero-order valence-electron chi connectivity index (χ0n) is 21.6. The third-order valence-electron chi connectivity index (χ3n) is 4.67. The summed E-state index contributed by atoms with van der Waals surface area (Å²) in [5.41, 5.74) is 6.38. The van der Waals surface area contributed by atoms with E-state index in [9.17, 15) is 27.6 Å². The predicted octanol–water partition coefficient (Wildman–Crippen LogP) is 0.287. The lowest BCUT2D eigenvalue weighted by molar-refractivity contribution is -0.307. The van der Waals surface area contributed by atoms with Crippen molar-refractivity contribution in [1.82, 2.24) is 0 Å². The van der Waals surface area contributed by atoms with Crippen molar-refractivity contribution in [3.63, 3.8) is 0 Å². The topological polar surface area (TPSA) is 204 Å². The molecule has 1 fully saturated rings. The van der Waals surface area contributed by atoms with Crippen LogP contribution in [0.3, 0.4) is 0 Å². The Morgan fingerprint density at radius 1 is 0.868 bits per heavy atom. The molecule has 0 aromatic heterocycles. The first kappa shape index (κ1) is 32.9. The van der Waals surface area contributed by atoms with Gasteiger partial charge in [0.15, 0.2) is 24.6 Å². The Balaban J connectivity index is 0.000000544. The summed E-state index contributed by atoms with van der Waals surface area (Å²) in [5, 5.41) is 0. The number of esters is 4. The van der Waals surface area contributed by atoms with E-state index in [1.165, 1.54) is 19.1 Å². The maximum Gasteiger partial charge on any atom is 0.303 e. The summed E-state index contributed by atoms with van der Waals surface area (Å²) in [6.45, 7) is 6.36. The van der Waals surface area contributed by atoms with Crippen LogP contribution in [0.4, 0.5) is 0 Å². The van der Waals surface area contributed by atoms with Crippen LogP contribution in [0.5, 0.6) is 0 Å². The first-order chi connectivity index (χ1) is 17.6. The van der Waals surface area contributed by atoms with Gasteiger partial charge in [0.25, 0.3) is 10.1 Å². The average Bonchev–Trinajstić information content (AvgIpc) is 2.79. The molecule has 1 aliphatic heterocycles. The Morgan fingerprint density at radius 2 is 1.37 bits per heavy atom. The second-order valence-corrected chi connectivity index (χ2v) is 9.44. The Kier molecular flexibility index (Phi) is 13.3. The zero-order valence-corrected chi connectivity index (χ0v) is 22.5. The van der Waals surface area contributed by atoms with E-state index in [1.807, 2.05) is 6.92 Å². The first-order valence-electron chi connectivity index (χ1n) is 11.3. The molecule has 1 aliphatic rings. The van der Waals surface area contributed by atoms with E-state index in [4.69, 9.17) is 38.7 Å². The van der Waals surface area contributed by atoms with Crippen molar-refractivity contribution < 1.29 is 60.6 Å². The third-order valence-corrected chi connectivity index (χ3v) is 5.53. The van der Waals surface area contributed by atoms with Gasteiger partial charge in [-0.15, -0.1) is 0 Å². The second kappa shape index (κ2) is 15.3. The van der Waals surface area contributed by atoms with Gasteiger partial charge in [-0.2, -0.15) is 8.42 Å². The van der Waals surface area contributed by atoms with Crippen LogP contribution in [0.25, 0.3) is 0 Å². The van der Waals surface area contributed by atoms with Gasteiger partial charge in [0.1, 0.15) is 12.7 Å². The van der Waals surface area contributed by atoms with E-state index >= 15 is 0 Å². The van der Waals surface area contributed by atoms with Crippen molar-refractivity contribution in [3.05, 3.63) is 29.8 Å². The Hall–Kier alpha value is -3.11. The second-order valence-electron chi connectivity index (χ2n) is 8.02. The normalized spacial score (nSPS) is 22.8. The average molecular weight is 564 g/mol. The van der Waals surface area contributed by atoms with Crippen LogP contribution in [0.2, 0.25) is 0 Å². The fourth-order valence-corrected chi connectivity index (χ4v) is 3.70. The van der Waals surface area contributed by atoms with Gasteiger partial charge in [-0.1, -0.05) is 17.7 Å². The minimum absolute atomic E-state index is 0.0493. The number of carbonyl (C=O) groups excluding carboxylic acids is 4. The van der Waals surface area contributed by atoms with E-state index < -0.39 is 64.7 Å². The molecule has 1 aromatic rings. The summed E-state index contributed by atoms with van der Waals surface area (Å²) in [4.78, 5) is 45.7. The SMILES string of the molecule is CC(=O)OC[C@H]1O[C@@H](OCCN)[C@H](OC(C)=O)[C@@H](OC(C)=O)[C@@H]1OC(C)=O.Cc1ccc(S(=O)(=O)O)cc1. The molecule has 0 unspecified atom stereocenters. The number of carbonyl (C=O) groups is 4. The van der Waals surface area contributed by atoms with Gasteiger partial charge in [0, 0.05) is 34.2 Å². The van der Waals surface area contributed by atoms with Crippen molar-refractivity contribution in [1.29, 1.82) is 0 Å². The number of aryl methyl sites for hydroxylation is 1. The highest BCUT2D eigenvalue weighted by Gasteiger charge is 2.52. The van der Waals surface area contributed by atoms with Gasteiger partial charge in [0.05, 0.1) is 11.5 Å². The van der Waals surface area contributed by atoms with Crippen LogP contribution in [0.1, 0.15) is 33.3 Å². The molecular weight excluding hydrogens is 530 g/mol. The van der Waals surface area contributed by atoms with Crippen molar-refractivity contribution in [3.8, 4) is 0 Å². The summed E-state index contributed by atoms with van der Waals surface area (Å²) in [6, 6.07) is 5.99. The predicted molar refractivity (Wildman–Crippen MR) is 128 cm³/mol. The van der Waals surface area contributed by atoms with Gasteiger partial charge >= 0.3 is 23.9 Å². The Labute approximate surface area is 220 Å². The molecule has 214 valence electrons. The molecule has 0 spiro atoms. The lowest BCUT2D eigenvalue weighted by Gasteiger charge is -2.44. The Morgan fingerprint density at radius 3 is 1.82 bits per heavy atom. The molecular formula is C23H33NO13S. The number of rotatable bonds is 9. The monoisotopic (exact) mass is 563 g/mol. The van der Waals surface area contributed by atoms with Crippen LogP contribution >= 0.6 is 0 Å². The number of nitrogens with two attached hydrogens (primary N) is 1. The molecule has 0 amide bonds. The summed E-state index contributed by atoms with van der Waals surface area (Å²) < 4.78 is 61.3. The van der Waals surface area contributed by atoms with E-state index in [-0.39, 0.29) is 24.7 Å². The maximum absolute atomic E-state index is 11.6. The number of ether oxygens (including phenoxy) is 6. The molecule has 1 aromatic carbocycles. The van der Waals surface area contributed by atoms with Gasteiger partial charge < -0.3 is 34.2 Å². The lowest BCUT2D eigenvalue weighted by atomic mass is 9.98. The zero-order chi connectivity index (χ0) is 29.0. The number of benzene rings is 1. The van der Waals surface area contributed by atoms with Crippen molar-refractivity contribution >= 4 is 34.0 Å². The molecule has 15 heteroatoms. The molecule has 0 radical (unpaired) electrons. The highest BCUT2D eigenvalue weighted by Crippen LogP contribution is 2.29. The van der Waals surface area contributed by atoms with Gasteiger partial charge in [0.2, 0.25) is 0 Å². The van der Waals surface area contributed by atoms with Gasteiger partial charge in [-0.25, -0.2) is 0 Å². The summed E-state index contributed by atoms with van der Waals surface area (Å²) in [7, 11) is -4.02. The summed E-state index contributed by atoms with van der Waals surface area (Å²) in [6.07, 6.45) is -5.89. The van der Waals surface area contributed by atoms with E-state index in [1.54, 1.807) is 12.1 Å². The third kappa shape index (κ3) is 11.5. The summed E-state index contributed by atoms with van der Waals surface area (Å²) >= 11 is 0. The standard InChI is InChI=1S/C16H25NO10.C7H8O3S/c1-8(18)23-7-12-13(24-9(2)19)14(25-10(3)20)15(26-11(4)21)16(27-12)22-6-5-17;1-6-2-4-7(5-3-6)11(8,9)10/h12-16H,5-7,17H2,1-4H3;2-5H,1H3,(H,8,9,10)/t12-,13-,14+,15-,16-;/m1./s1. The fourth-order valence-electron chi connectivity index (χ4n) is 3.22. The minimum atomic E-state index is -4.02. The molecule has 5 atom stereocenters. The first-order valence-corrected chi connectivity index (χ1v) is 12.8. The molecule has 1 saturated heterocycles. The molecule has 3 N–H and O–H groups in total. The fraction of sp³-hybridized carbons (Fsp3) is 0.565. The van der Waals surface area contributed by atoms with Gasteiger partial charge in [-0.3, -0.25) is 23.7 Å². The summed E-state index contributed by atoms with van der Waals surface area (Å²) in [5.74, 6) is -2.69. The molecule has 1 heterocycles. The van der Waals surface area contributed by atoms with Crippen molar-refractivity contribution in [2.24, 2.45) is 5.73 Å². The van der Waals surface area contributed by atoms with Crippen molar-refractivity contribution in [2.75, 3.05) is 19.8 Å². The van der Waals surface area contributed by atoms with E-state index in [2.05, 4.69) is 0 Å². The van der Waals surface area contributed by atoms with Crippen LogP contribution in [-0.4, -0.2) is 87.3 Å². The highest BCUT2D eigenvalue weighted by molar-refractivity contribution is 7.85. The highest BCUT2D eigenvalue weighted by atomic mass is 32.2. The molecule has 38 heavy (non-hydrogen) atoms. The quantitative estimate of drug-likeness (QED) is 0.235. The molecule has 14 nitrogen and oxygen atoms in total. The molecule has 0 bridgehead atoms. The van der Waals surface area contributed by atoms with Crippen LogP contribution < -0.4 is 5.73 Å². The lowest BCUT2D eigenvalue weighted by Crippen LogP contribution is -2.63. The van der Waals surface area contributed by atoms with Crippen LogP contribution in [-0.2, 0) is 57.7 Å². The van der Waals surface area contributed by atoms with Crippen LogP contribution in [0.15, 0.2) is 29.2 Å². The van der Waals surface area contributed by atoms with E-state index in [0.29, 0.717) is 0 Å². The minimum Gasteiger partial charge on any atom is -0.463 e. The smallest absolute Gasteiger partial charge is 0.303 e. The molecule has 0 saturated carbocycles. The largest absolute Gasteiger partial charge is 0.463 e. The molecule has 2 rings (SSSR count). The number of hydrogen-bond donors (Lipinski definition) is 2. The Bertz CT molecular complexity index is 1060. The van der Waals surface area contributed by atoms with Gasteiger partial charge in [-0.05, 0) is 19.1 Å². The van der Waals surface area contributed by atoms with Crippen LogP contribution in [0, 0.1) is 6.92 Å². The maximum atomic E-state index is 11.6. The van der Waals surface area contributed by atoms with E-state index in [0.717, 1.165) is 26.3 Å².